The van der Waals surface area contributed by atoms with E-state index in [9.17, 15) is 9.59 Å². The van der Waals surface area contributed by atoms with Crippen molar-refractivity contribution < 1.29 is 14.7 Å². The number of aliphatic carboxylic acids is 1. The van der Waals surface area contributed by atoms with E-state index in [-0.39, 0.29) is 18.5 Å². The minimum atomic E-state index is -0.855. The molecule has 0 radical (unpaired) electrons. The molecule has 0 aromatic carbocycles. The number of amides is 2. The van der Waals surface area contributed by atoms with Gasteiger partial charge in [0, 0.05) is 20.0 Å². The van der Waals surface area contributed by atoms with E-state index in [0.29, 0.717) is 13.0 Å². The maximum Gasteiger partial charge on any atom is 0.318 e. The lowest BCUT2D eigenvalue weighted by Crippen LogP contribution is -2.42. The lowest BCUT2D eigenvalue weighted by atomic mass is 10.2. The number of urea groups is 1. The Morgan fingerprint density at radius 1 is 1.53 bits per heavy atom. The number of nitrogens with zero attached hydrogens (tertiary/aromatic N) is 1. The molecule has 1 unspecified atom stereocenters. The summed E-state index contributed by atoms with van der Waals surface area (Å²) in [7, 11) is 1.62. The summed E-state index contributed by atoms with van der Waals surface area (Å²) >= 11 is 0. The van der Waals surface area contributed by atoms with Gasteiger partial charge < -0.3 is 15.3 Å². The van der Waals surface area contributed by atoms with Crippen molar-refractivity contribution in [2.24, 2.45) is 0 Å². The molecule has 0 aliphatic carbocycles. The molecule has 1 atom stereocenters. The maximum atomic E-state index is 11.6. The predicted octanol–water partition coefficient (Wildman–Crippen LogP) is 1.29. The van der Waals surface area contributed by atoms with Crippen molar-refractivity contribution in [3.63, 3.8) is 0 Å². The molecule has 0 bridgehead atoms. The average molecular weight is 240 g/mol. The molecular formula is C12H20N2O3. The van der Waals surface area contributed by atoms with Crippen LogP contribution in [0.25, 0.3) is 0 Å². The number of carboxylic acid groups (broad SMARTS) is 1. The van der Waals surface area contributed by atoms with E-state index in [0.717, 1.165) is 12.8 Å². The first-order valence-corrected chi connectivity index (χ1v) is 5.70. The molecule has 0 aromatic heterocycles. The zero-order chi connectivity index (χ0) is 13.3. The van der Waals surface area contributed by atoms with Gasteiger partial charge in [-0.25, -0.2) is 4.79 Å². The Bertz CT molecular complexity index is 297. The highest BCUT2D eigenvalue weighted by Crippen LogP contribution is 1.98. The summed E-state index contributed by atoms with van der Waals surface area (Å²) in [4.78, 5) is 23.4. The number of carbonyl (C=O) groups is 2. The third-order valence-electron chi connectivity index (χ3n) is 2.31. The van der Waals surface area contributed by atoms with Gasteiger partial charge in [0.25, 0.3) is 0 Å². The van der Waals surface area contributed by atoms with Crippen LogP contribution < -0.4 is 5.32 Å². The van der Waals surface area contributed by atoms with Crippen molar-refractivity contribution in [3.8, 4) is 12.3 Å². The van der Waals surface area contributed by atoms with Crippen LogP contribution in [-0.4, -0.2) is 41.6 Å². The molecule has 0 aromatic rings. The van der Waals surface area contributed by atoms with Gasteiger partial charge in [-0.05, 0) is 12.8 Å². The first kappa shape index (κ1) is 15.3. The van der Waals surface area contributed by atoms with Crippen molar-refractivity contribution in [3.05, 3.63) is 0 Å². The van der Waals surface area contributed by atoms with Crippen molar-refractivity contribution >= 4 is 12.0 Å². The van der Waals surface area contributed by atoms with E-state index >= 15 is 0 Å². The Hall–Kier alpha value is -1.70. The molecule has 2 amide bonds. The minimum absolute atomic E-state index is 0.0607. The highest BCUT2D eigenvalue weighted by atomic mass is 16.4. The molecule has 2 N–H and O–H groups in total. The highest BCUT2D eigenvalue weighted by Gasteiger charge is 2.12. The summed E-state index contributed by atoms with van der Waals surface area (Å²) in [6.45, 7) is 2.40. The topological polar surface area (TPSA) is 69.6 Å². The van der Waals surface area contributed by atoms with Crippen molar-refractivity contribution in [1.82, 2.24) is 10.2 Å². The fourth-order valence-electron chi connectivity index (χ4n) is 1.31. The van der Waals surface area contributed by atoms with E-state index in [4.69, 9.17) is 11.5 Å². The molecule has 96 valence electrons. The molecule has 17 heavy (non-hydrogen) atoms. The second-order valence-electron chi connectivity index (χ2n) is 3.88. The summed E-state index contributed by atoms with van der Waals surface area (Å²) in [6, 6.07) is -0.513. The Morgan fingerprint density at radius 3 is 2.65 bits per heavy atom. The van der Waals surface area contributed by atoms with Crippen LogP contribution >= 0.6 is 0 Å². The molecule has 0 aliphatic heterocycles. The highest BCUT2D eigenvalue weighted by molar-refractivity contribution is 5.74. The van der Waals surface area contributed by atoms with Crippen LogP contribution in [0.2, 0.25) is 0 Å². The van der Waals surface area contributed by atoms with Crippen molar-refractivity contribution in [2.75, 3.05) is 13.6 Å². The molecule has 0 fully saturated rings. The fourth-order valence-corrected chi connectivity index (χ4v) is 1.31. The number of rotatable bonds is 7. The Balaban J connectivity index is 3.96. The second-order valence-corrected chi connectivity index (χ2v) is 3.88. The lowest BCUT2D eigenvalue weighted by molar-refractivity contribution is -0.137. The van der Waals surface area contributed by atoms with E-state index in [1.54, 1.807) is 7.05 Å². The van der Waals surface area contributed by atoms with Crippen LogP contribution in [0.1, 0.15) is 32.6 Å². The van der Waals surface area contributed by atoms with Gasteiger partial charge >= 0.3 is 12.0 Å². The fraction of sp³-hybridized carbons (Fsp3) is 0.667. The lowest BCUT2D eigenvalue weighted by Gasteiger charge is -2.20. The number of carboxylic acids is 1. The van der Waals surface area contributed by atoms with Crippen molar-refractivity contribution in [1.29, 1.82) is 0 Å². The Morgan fingerprint density at radius 2 is 2.18 bits per heavy atom. The number of hydrogen-bond acceptors (Lipinski definition) is 2. The van der Waals surface area contributed by atoms with Gasteiger partial charge in [0.2, 0.25) is 0 Å². The maximum absolute atomic E-state index is 11.6. The van der Waals surface area contributed by atoms with E-state index in [1.165, 1.54) is 4.90 Å². The molecule has 0 spiro atoms. The average Bonchev–Trinajstić information content (AvgIpc) is 2.27. The number of hydrogen-bond donors (Lipinski definition) is 2. The normalized spacial score (nSPS) is 11.4. The molecule has 0 rings (SSSR count). The Kier molecular flexibility index (Phi) is 7.61. The molecule has 5 heteroatoms. The second kappa shape index (κ2) is 8.45. The van der Waals surface area contributed by atoms with Gasteiger partial charge in [0.05, 0.1) is 6.04 Å². The zero-order valence-corrected chi connectivity index (χ0v) is 10.4. The monoisotopic (exact) mass is 240 g/mol. The minimum Gasteiger partial charge on any atom is -0.481 e. The van der Waals surface area contributed by atoms with Crippen LogP contribution in [0.4, 0.5) is 4.79 Å². The standard InChI is InChI=1S/C12H20N2O3/c1-4-7-10(5-2)13-12(17)14(3)9-6-8-11(15)16/h2,10H,4,6-9H2,1,3H3,(H,13,17)(H,15,16). The van der Waals surface area contributed by atoms with Gasteiger partial charge in [-0.2, -0.15) is 0 Å². The SMILES string of the molecule is C#CC(CCC)NC(=O)N(C)CCCC(=O)O. The molecule has 0 aliphatic rings. The number of carbonyl (C=O) groups excluding carboxylic acids is 1. The van der Waals surface area contributed by atoms with Gasteiger partial charge in [-0.1, -0.05) is 19.3 Å². The Labute approximate surface area is 102 Å². The van der Waals surface area contributed by atoms with Crippen LogP contribution in [0.5, 0.6) is 0 Å². The summed E-state index contributed by atoms with van der Waals surface area (Å²) in [5.74, 6) is 1.66. The summed E-state index contributed by atoms with van der Waals surface area (Å²) < 4.78 is 0. The van der Waals surface area contributed by atoms with Crippen LogP contribution in [-0.2, 0) is 4.79 Å². The van der Waals surface area contributed by atoms with Gasteiger partial charge in [-0.15, -0.1) is 6.42 Å². The zero-order valence-electron chi connectivity index (χ0n) is 10.4. The molecule has 0 saturated heterocycles. The molecule has 5 nitrogen and oxygen atoms in total. The van der Waals surface area contributed by atoms with Gasteiger partial charge in [0.1, 0.15) is 0 Å². The first-order valence-electron chi connectivity index (χ1n) is 5.70. The molecule has 0 heterocycles. The quantitative estimate of drug-likeness (QED) is 0.659. The third-order valence-corrected chi connectivity index (χ3v) is 2.31. The van der Waals surface area contributed by atoms with Gasteiger partial charge in [-0.3, -0.25) is 4.79 Å². The smallest absolute Gasteiger partial charge is 0.318 e. The third kappa shape index (κ3) is 7.23. The van der Waals surface area contributed by atoms with E-state index in [2.05, 4.69) is 11.2 Å². The van der Waals surface area contributed by atoms with Crippen molar-refractivity contribution in [2.45, 2.75) is 38.6 Å². The van der Waals surface area contributed by atoms with Crippen LogP contribution in [0.3, 0.4) is 0 Å². The molecule has 0 saturated carbocycles. The largest absolute Gasteiger partial charge is 0.481 e. The molecular weight excluding hydrogens is 220 g/mol. The van der Waals surface area contributed by atoms with E-state index < -0.39 is 5.97 Å². The van der Waals surface area contributed by atoms with Crippen LogP contribution in [0.15, 0.2) is 0 Å². The number of nitrogens with one attached hydrogen (secondary N) is 1. The van der Waals surface area contributed by atoms with Crippen LogP contribution in [0, 0.1) is 12.3 Å². The summed E-state index contributed by atoms with van der Waals surface area (Å²) in [6.07, 6.45) is 7.43. The first-order chi connectivity index (χ1) is 8.01. The summed E-state index contributed by atoms with van der Waals surface area (Å²) in [5, 5.41) is 11.2. The van der Waals surface area contributed by atoms with E-state index in [1.807, 2.05) is 6.92 Å². The summed E-state index contributed by atoms with van der Waals surface area (Å²) in [5.41, 5.74) is 0. The predicted molar refractivity (Wildman–Crippen MR) is 65.6 cm³/mol. The number of terminal acetylenes is 1. The van der Waals surface area contributed by atoms with Gasteiger partial charge in [0.15, 0.2) is 0 Å².